The topological polar surface area (TPSA) is 234 Å². The zero-order valence-corrected chi connectivity index (χ0v) is 51.9. The van der Waals surface area contributed by atoms with Crippen LogP contribution in [0.5, 0.6) is 11.6 Å². The molecule has 0 spiro atoms. The number of benzene rings is 1. The molecule has 21 heteroatoms. The second-order valence-corrected chi connectivity index (χ2v) is 30.4. The monoisotopic (exact) mass is 1150 g/mol. The van der Waals surface area contributed by atoms with Crippen LogP contribution < -0.4 is 14.4 Å². The van der Waals surface area contributed by atoms with Gasteiger partial charge in [0, 0.05) is 48.7 Å². The van der Waals surface area contributed by atoms with Crippen molar-refractivity contribution in [3.8, 4) is 11.6 Å². The molecule has 0 aliphatic heterocycles. The van der Waals surface area contributed by atoms with E-state index >= 15 is 14.0 Å². The molecule has 81 heavy (non-hydrogen) atoms. The maximum atomic E-state index is 19.0. The number of Topliss-reactive ketones (excluding diaryl/α,β-unsaturated/α-hetero) is 2. The van der Waals surface area contributed by atoms with Crippen molar-refractivity contribution in [3.05, 3.63) is 70.5 Å². The molecule has 0 bridgehead atoms. The largest absolute Gasteiger partial charge is 0.508 e. The first-order valence-electron chi connectivity index (χ1n) is 28.3. The molecule has 5 rings (SSSR count). The summed E-state index contributed by atoms with van der Waals surface area (Å²) in [6.45, 7) is 37.5. The van der Waals surface area contributed by atoms with Crippen LogP contribution in [0, 0.1) is 17.7 Å². The van der Waals surface area contributed by atoms with Crippen molar-refractivity contribution < 1.29 is 76.0 Å². The molecule has 1 heterocycles. The number of ether oxygens (including phenoxy) is 5. The number of halogens is 1. The zero-order valence-electron chi connectivity index (χ0n) is 50.9. The highest BCUT2D eigenvalue weighted by molar-refractivity contribution is 6.74. The first-order chi connectivity index (χ1) is 37.5. The Balaban J connectivity index is 2.04. The Morgan fingerprint density at radius 2 is 1.36 bits per heavy atom. The molecule has 0 radical (unpaired) electrons. The summed E-state index contributed by atoms with van der Waals surface area (Å²) < 4.78 is 62.6. The number of carbonyl (C=O) groups excluding carboxylic acids is 5. The number of aliphatic hydroxyl groups excluding tert-OH is 1. The van der Waals surface area contributed by atoms with E-state index in [1.807, 2.05) is 52.6 Å². The van der Waals surface area contributed by atoms with Gasteiger partial charge in [-0.1, -0.05) is 66.5 Å². The Kier molecular flexibility index (Phi) is 20.5. The van der Waals surface area contributed by atoms with Crippen LogP contribution in [0.4, 0.5) is 24.5 Å². The number of amides is 3. The number of anilines is 1. The molecular formula is C60H89FN4O15Si. The molecule has 3 aliphatic rings. The quantitative estimate of drug-likeness (QED) is 0.0483. The number of aromatic nitrogens is 1. The lowest BCUT2D eigenvalue weighted by molar-refractivity contribution is -0.143. The number of aliphatic carboxylic acids is 1. The molecule has 3 amide bonds. The first-order valence-corrected chi connectivity index (χ1v) is 31.2. The third kappa shape index (κ3) is 13.9. The molecule has 1 aromatic carbocycles. The van der Waals surface area contributed by atoms with Crippen LogP contribution in [0.15, 0.2) is 41.2 Å². The summed E-state index contributed by atoms with van der Waals surface area (Å²) in [5.41, 5.74) is -8.61. The summed E-state index contributed by atoms with van der Waals surface area (Å²) in [5, 5.41) is 28.4. The minimum Gasteiger partial charge on any atom is -0.508 e. The van der Waals surface area contributed by atoms with Crippen LogP contribution in [0.2, 0.25) is 18.1 Å². The van der Waals surface area contributed by atoms with Crippen LogP contribution in [0.3, 0.4) is 0 Å². The van der Waals surface area contributed by atoms with Gasteiger partial charge in [0.15, 0.2) is 31.2 Å². The fourth-order valence-electron chi connectivity index (χ4n) is 10.3. The van der Waals surface area contributed by atoms with Crippen LogP contribution in [-0.2, 0) is 36.3 Å². The minimum atomic E-state index is -3.25. The van der Waals surface area contributed by atoms with E-state index in [0.717, 1.165) is 11.3 Å². The highest BCUT2D eigenvalue weighted by Crippen LogP contribution is 2.61. The van der Waals surface area contributed by atoms with Gasteiger partial charge in [-0.25, -0.2) is 23.6 Å². The maximum Gasteiger partial charge on any atom is 0.424 e. The average Bonchev–Trinajstić information content (AvgIpc) is 2.47. The third-order valence-corrected chi connectivity index (χ3v) is 19.3. The van der Waals surface area contributed by atoms with Crippen molar-refractivity contribution in [1.82, 2.24) is 15.0 Å². The van der Waals surface area contributed by atoms with Gasteiger partial charge in [0.05, 0.1) is 24.8 Å². The Morgan fingerprint density at radius 1 is 0.827 bits per heavy atom. The summed E-state index contributed by atoms with van der Waals surface area (Å²) in [4.78, 5) is 93.3. The first kappa shape index (κ1) is 65.7. The number of carboxylic acid groups (broad SMARTS) is 1. The lowest BCUT2D eigenvalue weighted by atomic mass is 9.58. The van der Waals surface area contributed by atoms with Gasteiger partial charge in [-0.2, -0.15) is 4.90 Å². The van der Waals surface area contributed by atoms with E-state index in [1.54, 1.807) is 39.8 Å². The lowest BCUT2D eigenvalue weighted by Crippen LogP contribution is -2.65. The fraction of sp³-hybridized carbons (Fsp3) is 0.650. The number of imide groups is 1. The average molecular weight is 1150 g/mol. The number of hydrogen-bond acceptors (Lipinski definition) is 16. The second kappa shape index (κ2) is 25.2. The molecule has 1 unspecified atom stereocenters. The summed E-state index contributed by atoms with van der Waals surface area (Å²) >= 11 is 0. The summed E-state index contributed by atoms with van der Waals surface area (Å²) in [7, 11) is -3.25. The summed E-state index contributed by atoms with van der Waals surface area (Å²) in [6.07, 6.45) is 0.515. The molecule has 0 saturated heterocycles. The van der Waals surface area contributed by atoms with Crippen LogP contribution in [0.25, 0.3) is 0 Å². The smallest absolute Gasteiger partial charge is 0.424 e. The Hall–Kier alpha value is -6.06. The van der Waals surface area contributed by atoms with Gasteiger partial charge >= 0.3 is 24.2 Å². The Bertz CT molecular complexity index is 2720. The number of nitrogens with zero attached hydrogens (tertiary/aromatic N) is 4. The van der Waals surface area contributed by atoms with E-state index in [4.69, 9.17) is 32.6 Å². The number of rotatable bonds is 22. The standard InChI is InChI=1S/C60H89FN4O15Si/c1-20-25-30-74-47-41-36(43(61)37(34-39(52(69)70)64(29-24-5)53(71)76-56(6,7)8)44(47)65(54(72)77-57(9,10)11)55(73)78-58(12,13)14)32-35-33-38-45(63(27-22-3)28-23-4)48-42(51(62-79-48)75-31-26-21-2)50(68)60(38,49(67)40(35)46(41)66)80-81(18,19)59(15,16)17/h22-23,35,38-39,45,67H,3-4,20-21,24-34H2,1-2,5-19H3,(H,69,70)/t35-,38-,39?,45-,60-/m0/s1. The molecule has 5 atom stereocenters. The van der Waals surface area contributed by atoms with Gasteiger partial charge in [0.1, 0.15) is 45.7 Å². The SMILES string of the molecule is C=CCN(CC=C)[C@@H]1c2onc(OCCCC)c2C(=O)[C@@]2(O[Si](C)(C)C(C)(C)C)C(O)=C3C(=O)c4c(c(F)c(CC(C(=O)O)N(CCC)C(=O)OC(C)(C)C)c(N(C(=O)OC(C)(C)C)C(=O)OC(C)(C)C)c4OCCCC)C[C@H]3C[C@@H]12. The Labute approximate surface area is 478 Å². The number of ketones is 2. The van der Waals surface area contributed by atoms with Gasteiger partial charge in [0.2, 0.25) is 5.78 Å². The van der Waals surface area contributed by atoms with Gasteiger partial charge in [0.25, 0.3) is 5.88 Å². The molecule has 1 aromatic heterocycles. The third-order valence-electron chi connectivity index (χ3n) is 14.8. The molecule has 450 valence electrons. The molecule has 0 saturated carbocycles. The van der Waals surface area contributed by atoms with E-state index in [1.165, 1.54) is 41.5 Å². The summed E-state index contributed by atoms with van der Waals surface area (Å²) in [5.74, 6) is -8.01. The summed E-state index contributed by atoms with van der Waals surface area (Å²) in [6, 6.07) is -2.85. The van der Waals surface area contributed by atoms with Crippen LogP contribution >= 0.6 is 0 Å². The van der Waals surface area contributed by atoms with Crippen molar-refractivity contribution in [2.24, 2.45) is 11.8 Å². The number of carboxylic acids is 1. The molecule has 0 fully saturated rings. The number of aliphatic hydroxyl groups is 1. The number of hydrogen-bond donors (Lipinski definition) is 2. The van der Waals surface area contributed by atoms with E-state index < -0.39 is 136 Å². The fourth-order valence-corrected chi connectivity index (χ4v) is 11.8. The highest BCUT2D eigenvalue weighted by atomic mass is 28.4. The van der Waals surface area contributed by atoms with Crippen LogP contribution in [-0.4, -0.2) is 131 Å². The normalized spacial score (nSPS) is 19.6. The van der Waals surface area contributed by atoms with Crippen molar-refractivity contribution in [2.75, 3.05) is 37.7 Å². The van der Waals surface area contributed by atoms with Gasteiger partial charge in [-0.3, -0.25) is 19.4 Å². The number of fused-ring (bicyclic) bond motifs is 4. The lowest BCUT2D eigenvalue weighted by Gasteiger charge is -2.55. The van der Waals surface area contributed by atoms with Crippen molar-refractivity contribution in [3.63, 3.8) is 0 Å². The van der Waals surface area contributed by atoms with Gasteiger partial charge in [-0.05, 0) is 124 Å². The van der Waals surface area contributed by atoms with E-state index in [9.17, 15) is 29.4 Å². The second-order valence-electron chi connectivity index (χ2n) is 25.7. The van der Waals surface area contributed by atoms with E-state index in [-0.39, 0.29) is 80.5 Å². The van der Waals surface area contributed by atoms with E-state index in [0.29, 0.717) is 24.2 Å². The molecular weight excluding hydrogens is 1060 g/mol. The minimum absolute atomic E-state index is 0.0816. The predicted molar refractivity (Wildman–Crippen MR) is 306 cm³/mol. The molecule has 3 aliphatic carbocycles. The van der Waals surface area contributed by atoms with Crippen LogP contribution in [0.1, 0.15) is 186 Å². The number of unbranched alkanes of at least 4 members (excludes halogenated alkanes) is 2. The van der Waals surface area contributed by atoms with Crippen molar-refractivity contribution in [1.29, 1.82) is 0 Å². The number of allylic oxidation sites excluding steroid dienone is 1. The van der Waals surface area contributed by atoms with Crippen molar-refractivity contribution >= 4 is 49.8 Å². The Morgan fingerprint density at radius 3 is 1.84 bits per heavy atom. The highest BCUT2D eigenvalue weighted by Gasteiger charge is 2.68. The maximum absolute atomic E-state index is 19.0. The zero-order chi connectivity index (χ0) is 61.1. The van der Waals surface area contributed by atoms with E-state index in [2.05, 4.69) is 18.3 Å². The molecule has 2 N–H and O–H groups in total. The van der Waals surface area contributed by atoms with Gasteiger partial charge in [-0.15, -0.1) is 13.2 Å². The molecule has 2 aromatic rings. The van der Waals surface area contributed by atoms with Gasteiger partial charge < -0.3 is 42.8 Å². The van der Waals surface area contributed by atoms with Crippen molar-refractivity contribution in [2.45, 2.75) is 208 Å². The number of carbonyl (C=O) groups is 6. The predicted octanol–water partition coefficient (Wildman–Crippen LogP) is 13.1. The molecule has 19 nitrogen and oxygen atoms in total.